The second-order valence-electron chi connectivity index (χ2n) is 6.76. The summed E-state index contributed by atoms with van der Waals surface area (Å²) in [5, 5.41) is 0. The first-order valence-corrected chi connectivity index (χ1v) is 9.58. The second-order valence-corrected chi connectivity index (χ2v) is 6.76. The number of hydrogen-bond acceptors (Lipinski definition) is 5. The monoisotopic (exact) mass is 396 g/mol. The van der Waals surface area contributed by atoms with Crippen molar-refractivity contribution in [2.24, 2.45) is 0 Å². The summed E-state index contributed by atoms with van der Waals surface area (Å²) in [6, 6.07) is 13.8. The summed E-state index contributed by atoms with van der Waals surface area (Å²) in [5.41, 5.74) is 2.27. The van der Waals surface area contributed by atoms with Crippen molar-refractivity contribution in [2.45, 2.75) is 13.8 Å². The van der Waals surface area contributed by atoms with Gasteiger partial charge in [0.1, 0.15) is 5.75 Å². The number of nitrogens with zero attached hydrogens (tertiary/aromatic N) is 2. The molecule has 1 saturated heterocycles. The molecule has 152 valence electrons. The lowest BCUT2D eigenvalue weighted by molar-refractivity contribution is 0.0535. The minimum Gasteiger partial charge on any atom is -0.434 e. The van der Waals surface area contributed by atoms with E-state index in [1.54, 1.807) is 41.0 Å². The zero-order valence-corrected chi connectivity index (χ0v) is 16.6. The molecule has 0 spiro atoms. The Morgan fingerprint density at radius 1 is 0.793 bits per heavy atom. The Balaban J connectivity index is 1.55. The van der Waals surface area contributed by atoms with Gasteiger partial charge in [0, 0.05) is 37.3 Å². The summed E-state index contributed by atoms with van der Waals surface area (Å²) in [7, 11) is 0. The maximum Gasteiger partial charge on any atom is 0.513 e. The minimum absolute atomic E-state index is 0.0161. The molecular formula is C22H24N2O5. The summed E-state index contributed by atoms with van der Waals surface area (Å²) >= 11 is 0. The fourth-order valence-electron chi connectivity index (χ4n) is 3.08. The van der Waals surface area contributed by atoms with Crippen LogP contribution >= 0.6 is 0 Å². The Morgan fingerprint density at radius 2 is 1.24 bits per heavy atom. The highest BCUT2D eigenvalue weighted by Crippen LogP contribution is 2.16. The fourth-order valence-corrected chi connectivity index (χ4v) is 3.08. The van der Waals surface area contributed by atoms with Gasteiger partial charge in [-0.15, -0.1) is 0 Å². The van der Waals surface area contributed by atoms with Gasteiger partial charge in [0.2, 0.25) is 0 Å². The van der Waals surface area contributed by atoms with E-state index in [0.717, 1.165) is 5.56 Å². The van der Waals surface area contributed by atoms with E-state index >= 15 is 0 Å². The van der Waals surface area contributed by atoms with Crippen LogP contribution in [-0.4, -0.2) is 60.6 Å². The Kier molecular flexibility index (Phi) is 6.49. The number of ether oxygens (including phenoxy) is 2. The van der Waals surface area contributed by atoms with Gasteiger partial charge in [-0.3, -0.25) is 9.59 Å². The highest BCUT2D eigenvalue weighted by atomic mass is 16.7. The number of piperazine rings is 1. The Bertz CT molecular complexity index is 869. The van der Waals surface area contributed by atoms with Crippen molar-refractivity contribution in [1.29, 1.82) is 0 Å². The van der Waals surface area contributed by atoms with Crippen LogP contribution in [0, 0.1) is 6.92 Å². The van der Waals surface area contributed by atoms with Gasteiger partial charge in [-0.05, 0) is 50.2 Å². The molecule has 0 bridgehead atoms. The maximum absolute atomic E-state index is 12.7. The summed E-state index contributed by atoms with van der Waals surface area (Å²) in [5.74, 6) is 0.182. The second kappa shape index (κ2) is 9.23. The summed E-state index contributed by atoms with van der Waals surface area (Å²) in [4.78, 5) is 40.1. The van der Waals surface area contributed by atoms with Crippen LogP contribution in [0.3, 0.4) is 0 Å². The quantitative estimate of drug-likeness (QED) is 0.586. The first-order valence-electron chi connectivity index (χ1n) is 9.58. The molecule has 1 fully saturated rings. The number of aryl methyl sites for hydroxylation is 1. The largest absolute Gasteiger partial charge is 0.513 e. The van der Waals surface area contributed by atoms with Gasteiger partial charge < -0.3 is 19.3 Å². The van der Waals surface area contributed by atoms with E-state index in [9.17, 15) is 14.4 Å². The molecule has 1 heterocycles. The molecule has 29 heavy (non-hydrogen) atoms. The van der Waals surface area contributed by atoms with E-state index in [0.29, 0.717) is 43.1 Å². The van der Waals surface area contributed by atoms with E-state index in [-0.39, 0.29) is 18.4 Å². The fraction of sp³-hybridized carbons (Fsp3) is 0.318. The third kappa shape index (κ3) is 5.13. The third-order valence-electron chi connectivity index (χ3n) is 4.72. The normalized spacial score (nSPS) is 13.7. The number of hydrogen-bond donors (Lipinski definition) is 0. The van der Waals surface area contributed by atoms with Crippen molar-refractivity contribution in [2.75, 3.05) is 32.8 Å². The van der Waals surface area contributed by atoms with Gasteiger partial charge in [0.05, 0.1) is 6.61 Å². The Labute approximate surface area is 169 Å². The lowest BCUT2D eigenvalue weighted by Crippen LogP contribution is -2.50. The molecule has 0 aromatic heterocycles. The van der Waals surface area contributed by atoms with E-state index < -0.39 is 6.16 Å². The average Bonchev–Trinajstić information content (AvgIpc) is 2.74. The van der Waals surface area contributed by atoms with Gasteiger partial charge in [-0.2, -0.15) is 0 Å². The van der Waals surface area contributed by atoms with Crippen LogP contribution in [0.1, 0.15) is 33.2 Å². The van der Waals surface area contributed by atoms with Crippen molar-refractivity contribution in [3.8, 4) is 5.75 Å². The topological polar surface area (TPSA) is 76.2 Å². The zero-order chi connectivity index (χ0) is 20.8. The third-order valence-corrected chi connectivity index (χ3v) is 4.72. The van der Waals surface area contributed by atoms with Gasteiger partial charge >= 0.3 is 6.16 Å². The number of amides is 2. The highest BCUT2D eigenvalue weighted by Gasteiger charge is 2.25. The molecule has 0 aliphatic carbocycles. The van der Waals surface area contributed by atoms with E-state index in [1.807, 2.05) is 31.2 Å². The SMILES string of the molecule is CCOC(=O)Oc1ccc(C(=O)N2CCN(C(=O)c3ccc(C)cc3)CC2)cc1. The predicted molar refractivity (Wildman–Crippen MR) is 107 cm³/mol. The van der Waals surface area contributed by atoms with Crippen molar-refractivity contribution < 1.29 is 23.9 Å². The van der Waals surface area contributed by atoms with Crippen LogP contribution < -0.4 is 4.74 Å². The van der Waals surface area contributed by atoms with Crippen LogP contribution in [0.25, 0.3) is 0 Å². The first kappa shape index (κ1) is 20.4. The Morgan fingerprint density at radius 3 is 1.69 bits per heavy atom. The number of carbonyl (C=O) groups excluding carboxylic acids is 3. The predicted octanol–water partition coefficient (Wildman–Crippen LogP) is 3.13. The summed E-state index contributed by atoms with van der Waals surface area (Å²) in [6.07, 6.45) is -0.777. The molecule has 7 heteroatoms. The molecule has 0 N–H and O–H groups in total. The number of rotatable bonds is 4. The molecule has 0 radical (unpaired) electrons. The Hall–Kier alpha value is -3.35. The van der Waals surface area contributed by atoms with Crippen molar-refractivity contribution in [1.82, 2.24) is 9.80 Å². The molecule has 3 rings (SSSR count). The minimum atomic E-state index is -0.777. The maximum atomic E-state index is 12.7. The molecule has 0 saturated carbocycles. The van der Waals surface area contributed by atoms with Crippen molar-refractivity contribution in [3.05, 3.63) is 65.2 Å². The highest BCUT2D eigenvalue weighted by molar-refractivity contribution is 5.96. The standard InChI is InChI=1S/C22H24N2O5/c1-3-28-22(27)29-19-10-8-18(9-11-19)21(26)24-14-12-23(13-15-24)20(25)17-6-4-16(2)5-7-17/h4-11H,3,12-15H2,1-2H3. The smallest absolute Gasteiger partial charge is 0.434 e. The molecule has 2 aromatic rings. The van der Waals surface area contributed by atoms with Crippen molar-refractivity contribution >= 4 is 18.0 Å². The molecule has 0 unspecified atom stereocenters. The average molecular weight is 396 g/mol. The van der Waals surface area contributed by atoms with E-state index in [1.165, 1.54) is 0 Å². The molecule has 1 aliphatic heterocycles. The van der Waals surface area contributed by atoms with Gasteiger partial charge in [-0.25, -0.2) is 4.79 Å². The lowest BCUT2D eigenvalue weighted by Gasteiger charge is -2.35. The van der Waals surface area contributed by atoms with Gasteiger partial charge in [0.25, 0.3) is 11.8 Å². The zero-order valence-electron chi connectivity index (χ0n) is 16.6. The van der Waals surface area contributed by atoms with E-state index in [4.69, 9.17) is 9.47 Å². The molecule has 1 aliphatic rings. The first-order chi connectivity index (χ1) is 14.0. The van der Waals surface area contributed by atoms with Crippen LogP contribution in [0.15, 0.2) is 48.5 Å². The molecular weight excluding hydrogens is 372 g/mol. The number of benzene rings is 2. The van der Waals surface area contributed by atoms with E-state index in [2.05, 4.69) is 0 Å². The van der Waals surface area contributed by atoms with Crippen LogP contribution in [0.2, 0.25) is 0 Å². The lowest BCUT2D eigenvalue weighted by atomic mass is 10.1. The van der Waals surface area contributed by atoms with Gasteiger partial charge in [-0.1, -0.05) is 17.7 Å². The van der Waals surface area contributed by atoms with Crippen LogP contribution in [0.5, 0.6) is 5.75 Å². The van der Waals surface area contributed by atoms with Crippen molar-refractivity contribution in [3.63, 3.8) is 0 Å². The molecule has 2 aromatic carbocycles. The summed E-state index contributed by atoms with van der Waals surface area (Å²) < 4.78 is 9.71. The molecule has 0 atom stereocenters. The van der Waals surface area contributed by atoms with Crippen LogP contribution in [-0.2, 0) is 4.74 Å². The molecule has 2 amide bonds. The van der Waals surface area contributed by atoms with Gasteiger partial charge in [0.15, 0.2) is 0 Å². The molecule has 7 nitrogen and oxygen atoms in total. The van der Waals surface area contributed by atoms with Crippen LogP contribution in [0.4, 0.5) is 4.79 Å². The summed E-state index contributed by atoms with van der Waals surface area (Å²) in [6.45, 7) is 5.82. The number of carbonyl (C=O) groups is 3.